The molecule has 2 aromatic carbocycles. The van der Waals surface area contributed by atoms with E-state index in [0.717, 1.165) is 32.0 Å². The fourth-order valence-corrected chi connectivity index (χ4v) is 4.14. The molecular weight excluding hydrogens is 308 g/mol. The van der Waals surface area contributed by atoms with Gasteiger partial charge in [0.05, 0.1) is 0 Å². The molecule has 1 fully saturated rings. The molecule has 0 bridgehead atoms. The molecule has 1 atom stereocenters. The molecule has 0 saturated carbocycles. The first-order chi connectivity index (χ1) is 12.2. The SMILES string of the molecule is CC1CCCN1CCc1ccc(-c2ccc3c(c2)CN(C=O)C3)cc1. The Morgan fingerprint density at radius 2 is 1.80 bits per heavy atom. The molecule has 2 aromatic rings. The van der Waals surface area contributed by atoms with Gasteiger partial charge in [0, 0.05) is 25.7 Å². The van der Waals surface area contributed by atoms with Gasteiger partial charge in [-0.1, -0.05) is 36.4 Å². The van der Waals surface area contributed by atoms with E-state index in [9.17, 15) is 4.79 Å². The number of fused-ring (bicyclic) bond motifs is 1. The van der Waals surface area contributed by atoms with Gasteiger partial charge >= 0.3 is 0 Å². The van der Waals surface area contributed by atoms with Crippen LogP contribution in [0.4, 0.5) is 0 Å². The Kier molecular flexibility index (Phi) is 4.58. The number of carbonyl (C=O) groups is 1. The van der Waals surface area contributed by atoms with Crippen molar-refractivity contribution in [3.05, 3.63) is 59.2 Å². The van der Waals surface area contributed by atoms with Crippen LogP contribution >= 0.6 is 0 Å². The van der Waals surface area contributed by atoms with Crippen LogP contribution in [-0.2, 0) is 24.3 Å². The lowest BCUT2D eigenvalue weighted by Crippen LogP contribution is -2.28. The van der Waals surface area contributed by atoms with Gasteiger partial charge in [-0.2, -0.15) is 0 Å². The van der Waals surface area contributed by atoms with Crippen molar-refractivity contribution in [1.29, 1.82) is 0 Å². The number of amides is 1. The second-order valence-electron chi connectivity index (χ2n) is 7.47. The van der Waals surface area contributed by atoms with Crippen molar-refractivity contribution >= 4 is 6.41 Å². The van der Waals surface area contributed by atoms with Crippen molar-refractivity contribution in [3.8, 4) is 11.1 Å². The van der Waals surface area contributed by atoms with E-state index in [2.05, 4.69) is 54.3 Å². The molecule has 0 radical (unpaired) electrons. The van der Waals surface area contributed by atoms with E-state index in [0.29, 0.717) is 0 Å². The molecule has 0 N–H and O–H groups in total. The number of hydrogen-bond donors (Lipinski definition) is 0. The molecule has 0 aliphatic carbocycles. The molecule has 25 heavy (non-hydrogen) atoms. The minimum absolute atomic E-state index is 0.735. The Labute approximate surface area is 150 Å². The van der Waals surface area contributed by atoms with Gasteiger partial charge in [-0.3, -0.25) is 4.79 Å². The molecule has 1 saturated heterocycles. The van der Waals surface area contributed by atoms with Crippen molar-refractivity contribution in [2.24, 2.45) is 0 Å². The van der Waals surface area contributed by atoms with E-state index in [1.165, 1.54) is 53.7 Å². The van der Waals surface area contributed by atoms with Crippen LogP contribution in [0.25, 0.3) is 11.1 Å². The maximum Gasteiger partial charge on any atom is 0.210 e. The average Bonchev–Trinajstić information content (AvgIpc) is 3.25. The highest BCUT2D eigenvalue weighted by atomic mass is 16.1. The molecule has 3 nitrogen and oxygen atoms in total. The van der Waals surface area contributed by atoms with Crippen molar-refractivity contribution in [1.82, 2.24) is 9.80 Å². The van der Waals surface area contributed by atoms with Gasteiger partial charge in [0.15, 0.2) is 0 Å². The number of nitrogens with zero attached hydrogens (tertiary/aromatic N) is 2. The molecule has 2 heterocycles. The van der Waals surface area contributed by atoms with E-state index in [1.54, 1.807) is 0 Å². The maximum absolute atomic E-state index is 11.0. The van der Waals surface area contributed by atoms with E-state index in [1.807, 2.05) is 4.90 Å². The van der Waals surface area contributed by atoms with Crippen LogP contribution in [0.1, 0.15) is 36.5 Å². The van der Waals surface area contributed by atoms with Crippen LogP contribution in [-0.4, -0.2) is 35.3 Å². The number of benzene rings is 2. The quantitative estimate of drug-likeness (QED) is 0.775. The Balaban J connectivity index is 1.43. The van der Waals surface area contributed by atoms with E-state index in [4.69, 9.17) is 0 Å². The molecule has 0 spiro atoms. The molecule has 1 unspecified atom stereocenters. The summed E-state index contributed by atoms with van der Waals surface area (Å²) >= 11 is 0. The highest BCUT2D eigenvalue weighted by Gasteiger charge is 2.19. The largest absolute Gasteiger partial charge is 0.337 e. The zero-order valence-electron chi connectivity index (χ0n) is 14.9. The number of likely N-dealkylation sites (tertiary alicyclic amines) is 1. The summed E-state index contributed by atoms with van der Waals surface area (Å²) in [5.74, 6) is 0. The fraction of sp³-hybridized carbons (Fsp3) is 0.409. The lowest BCUT2D eigenvalue weighted by atomic mass is 9.99. The highest BCUT2D eigenvalue weighted by molar-refractivity contribution is 5.66. The average molecular weight is 334 g/mol. The van der Waals surface area contributed by atoms with Gasteiger partial charge in [-0.15, -0.1) is 0 Å². The van der Waals surface area contributed by atoms with Crippen molar-refractivity contribution in [3.63, 3.8) is 0 Å². The molecule has 130 valence electrons. The molecule has 3 heteroatoms. The van der Waals surface area contributed by atoms with E-state index >= 15 is 0 Å². The molecule has 2 aliphatic rings. The minimum Gasteiger partial charge on any atom is -0.337 e. The first kappa shape index (κ1) is 16.3. The van der Waals surface area contributed by atoms with Crippen molar-refractivity contribution in [2.75, 3.05) is 13.1 Å². The van der Waals surface area contributed by atoms with Crippen LogP contribution in [0.3, 0.4) is 0 Å². The lowest BCUT2D eigenvalue weighted by molar-refractivity contribution is -0.118. The predicted molar refractivity (Wildman–Crippen MR) is 101 cm³/mol. The topological polar surface area (TPSA) is 23.6 Å². The van der Waals surface area contributed by atoms with Gasteiger partial charge < -0.3 is 9.80 Å². The monoisotopic (exact) mass is 334 g/mol. The van der Waals surface area contributed by atoms with Crippen molar-refractivity contribution < 1.29 is 4.79 Å². The first-order valence-electron chi connectivity index (χ1n) is 9.37. The number of hydrogen-bond acceptors (Lipinski definition) is 2. The fourth-order valence-electron chi connectivity index (χ4n) is 4.14. The second-order valence-corrected chi connectivity index (χ2v) is 7.47. The lowest BCUT2D eigenvalue weighted by Gasteiger charge is -2.20. The van der Waals surface area contributed by atoms with Gasteiger partial charge in [0.1, 0.15) is 0 Å². The highest BCUT2D eigenvalue weighted by Crippen LogP contribution is 2.28. The van der Waals surface area contributed by atoms with Crippen LogP contribution < -0.4 is 0 Å². The third kappa shape index (κ3) is 3.47. The van der Waals surface area contributed by atoms with E-state index in [-0.39, 0.29) is 0 Å². The standard InChI is InChI=1S/C22H26N2O/c1-17-3-2-11-24(17)12-10-18-4-6-19(7-5-18)20-8-9-21-14-23(16-25)15-22(21)13-20/h4-9,13,16-17H,2-3,10-12,14-15H2,1H3. The Hall–Kier alpha value is -2.13. The normalized spacial score (nSPS) is 20.0. The van der Waals surface area contributed by atoms with Crippen molar-refractivity contribution in [2.45, 2.75) is 45.3 Å². The Morgan fingerprint density at radius 1 is 1.04 bits per heavy atom. The summed E-state index contributed by atoms with van der Waals surface area (Å²) in [5, 5.41) is 0. The van der Waals surface area contributed by atoms with Gasteiger partial charge in [-0.05, 0) is 66.6 Å². The summed E-state index contributed by atoms with van der Waals surface area (Å²) in [6.07, 6.45) is 4.76. The second kappa shape index (κ2) is 7.01. The summed E-state index contributed by atoms with van der Waals surface area (Å²) in [7, 11) is 0. The summed E-state index contributed by atoms with van der Waals surface area (Å²) in [4.78, 5) is 15.4. The van der Waals surface area contributed by atoms with Gasteiger partial charge in [0.2, 0.25) is 6.41 Å². The smallest absolute Gasteiger partial charge is 0.210 e. The third-order valence-electron chi connectivity index (χ3n) is 5.77. The molecule has 2 aliphatic heterocycles. The van der Waals surface area contributed by atoms with E-state index < -0.39 is 0 Å². The summed E-state index contributed by atoms with van der Waals surface area (Å²) < 4.78 is 0. The number of rotatable bonds is 5. The molecule has 0 aromatic heterocycles. The Bertz CT molecular complexity index is 753. The summed E-state index contributed by atoms with van der Waals surface area (Å²) in [6, 6.07) is 16.3. The van der Waals surface area contributed by atoms with Gasteiger partial charge in [-0.25, -0.2) is 0 Å². The third-order valence-corrected chi connectivity index (χ3v) is 5.77. The van der Waals surface area contributed by atoms with Crippen LogP contribution in [0, 0.1) is 0 Å². The summed E-state index contributed by atoms with van der Waals surface area (Å²) in [6.45, 7) is 6.24. The first-order valence-corrected chi connectivity index (χ1v) is 9.37. The molecular formula is C22H26N2O. The van der Waals surface area contributed by atoms with Gasteiger partial charge in [0.25, 0.3) is 0 Å². The van der Waals surface area contributed by atoms with Crippen LogP contribution in [0.2, 0.25) is 0 Å². The molecule has 4 rings (SSSR count). The zero-order valence-corrected chi connectivity index (χ0v) is 14.9. The number of carbonyl (C=O) groups excluding carboxylic acids is 1. The minimum atomic E-state index is 0.735. The van der Waals surface area contributed by atoms with Crippen LogP contribution in [0.5, 0.6) is 0 Å². The van der Waals surface area contributed by atoms with Crippen LogP contribution in [0.15, 0.2) is 42.5 Å². The zero-order chi connectivity index (χ0) is 17.2. The maximum atomic E-state index is 11.0. The summed E-state index contributed by atoms with van der Waals surface area (Å²) in [5.41, 5.74) is 6.46. The predicted octanol–water partition coefficient (Wildman–Crippen LogP) is 3.85. The Morgan fingerprint density at radius 3 is 2.52 bits per heavy atom. The molecule has 1 amide bonds.